The highest BCUT2D eigenvalue weighted by atomic mass is 32.1. The smallest absolute Gasteiger partial charge is 0.251 e. The Balaban J connectivity index is 2.24. The Morgan fingerprint density at radius 1 is 1.19 bits per heavy atom. The summed E-state index contributed by atoms with van der Waals surface area (Å²) in [5, 5.41) is 7.16. The molecule has 0 aliphatic carbocycles. The van der Waals surface area contributed by atoms with Gasteiger partial charge in [-0.25, -0.2) is 0 Å². The van der Waals surface area contributed by atoms with Crippen molar-refractivity contribution in [2.75, 3.05) is 0 Å². The molecule has 0 atom stereocenters. The van der Waals surface area contributed by atoms with E-state index in [9.17, 15) is 4.79 Å². The Morgan fingerprint density at radius 3 is 2.75 bits per heavy atom. The van der Waals surface area contributed by atoms with Crippen LogP contribution in [-0.2, 0) is 6.54 Å². The molecule has 16 heavy (non-hydrogen) atoms. The van der Waals surface area contributed by atoms with E-state index in [-0.39, 0.29) is 5.91 Å². The third-order valence-electron chi connectivity index (χ3n) is 2.99. The summed E-state index contributed by atoms with van der Waals surface area (Å²) in [5.41, 5.74) is 5.67. The number of thiophene rings is 1. The Bertz CT molecular complexity index is 571. The van der Waals surface area contributed by atoms with Crippen molar-refractivity contribution in [1.82, 2.24) is 5.32 Å². The Hall–Kier alpha value is -1.61. The number of hydrogen-bond acceptors (Lipinski definition) is 2. The van der Waals surface area contributed by atoms with E-state index < -0.39 is 0 Å². The first-order chi connectivity index (χ1) is 7.77. The summed E-state index contributed by atoms with van der Waals surface area (Å²) in [4.78, 5) is 11.6. The fourth-order valence-electron chi connectivity index (χ4n) is 2.14. The van der Waals surface area contributed by atoms with Crippen LogP contribution in [0.3, 0.4) is 0 Å². The average molecular weight is 229 g/mol. The molecule has 0 saturated heterocycles. The lowest BCUT2D eigenvalue weighted by atomic mass is 9.97. The lowest BCUT2D eigenvalue weighted by molar-refractivity contribution is 0.0966. The number of carbonyl (C=O) groups is 1. The number of fused-ring (bicyclic) bond motifs is 1. The van der Waals surface area contributed by atoms with Crippen LogP contribution in [0.4, 0.5) is 0 Å². The minimum absolute atomic E-state index is 0.0460. The number of benzene rings is 1. The van der Waals surface area contributed by atoms with Crippen molar-refractivity contribution in [2.45, 2.75) is 13.5 Å². The minimum atomic E-state index is 0.0460. The molecule has 2 heterocycles. The molecule has 2 aromatic rings. The number of amides is 1. The van der Waals surface area contributed by atoms with Gasteiger partial charge in [0.15, 0.2) is 0 Å². The molecule has 80 valence electrons. The summed E-state index contributed by atoms with van der Waals surface area (Å²) >= 11 is 1.70. The fourth-order valence-corrected chi connectivity index (χ4v) is 2.99. The van der Waals surface area contributed by atoms with E-state index in [2.05, 4.69) is 29.1 Å². The molecule has 0 saturated carbocycles. The molecule has 0 radical (unpaired) electrons. The molecule has 1 N–H and O–H groups in total. The van der Waals surface area contributed by atoms with Crippen LogP contribution in [0.25, 0.3) is 11.1 Å². The Labute approximate surface area is 97.9 Å². The van der Waals surface area contributed by atoms with Crippen molar-refractivity contribution < 1.29 is 4.79 Å². The number of nitrogens with one attached hydrogen (secondary N) is 1. The van der Waals surface area contributed by atoms with Crippen molar-refractivity contribution in [3.63, 3.8) is 0 Å². The van der Waals surface area contributed by atoms with Gasteiger partial charge in [0.25, 0.3) is 5.91 Å². The molecule has 0 unspecified atom stereocenters. The van der Waals surface area contributed by atoms with Gasteiger partial charge in [-0.2, -0.15) is 11.3 Å². The number of hydrogen-bond donors (Lipinski definition) is 1. The van der Waals surface area contributed by atoms with Gasteiger partial charge in [-0.1, -0.05) is 12.1 Å². The molecule has 1 aliphatic heterocycles. The Kier molecular flexibility index (Phi) is 2.07. The largest absolute Gasteiger partial charge is 0.348 e. The molecule has 1 amide bonds. The topological polar surface area (TPSA) is 29.1 Å². The predicted octanol–water partition coefficient (Wildman–Crippen LogP) is 2.97. The van der Waals surface area contributed by atoms with Gasteiger partial charge in [0.2, 0.25) is 0 Å². The third-order valence-corrected chi connectivity index (χ3v) is 3.85. The molecular weight excluding hydrogens is 218 g/mol. The van der Waals surface area contributed by atoms with Gasteiger partial charge in [-0.3, -0.25) is 4.79 Å². The van der Waals surface area contributed by atoms with Crippen LogP contribution in [0, 0.1) is 6.92 Å². The summed E-state index contributed by atoms with van der Waals surface area (Å²) in [6.07, 6.45) is 0. The first kappa shape index (κ1) is 9.60. The maximum absolute atomic E-state index is 11.6. The quantitative estimate of drug-likeness (QED) is 0.800. The van der Waals surface area contributed by atoms with E-state index in [0.29, 0.717) is 6.54 Å². The van der Waals surface area contributed by atoms with E-state index in [0.717, 1.165) is 11.1 Å². The average Bonchev–Trinajstić information content (AvgIpc) is 2.86. The number of carbonyl (C=O) groups excluding carboxylic acids is 1. The van der Waals surface area contributed by atoms with E-state index in [1.807, 2.05) is 12.1 Å². The standard InChI is InChI=1S/C13H11NOS/c1-8-6-16-7-12(8)9-3-2-4-10-11(9)5-14-13(10)15/h2-4,6-7H,5H2,1H3,(H,14,15). The first-order valence-corrected chi connectivity index (χ1v) is 6.15. The highest BCUT2D eigenvalue weighted by Crippen LogP contribution is 2.32. The summed E-state index contributed by atoms with van der Waals surface area (Å²) in [6, 6.07) is 5.94. The SMILES string of the molecule is Cc1cscc1-c1cccc2c1CNC2=O. The summed E-state index contributed by atoms with van der Waals surface area (Å²) in [7, 11) is 0. The molecule has 0 fully saturated rings. The highest BCUT2D eigenvalue weighted by molar-refractivity contribution is 7.08. The van der Waals surface area contributed by atoms with Crippen molar-refractivity contribution in [2.24, 2.45) is 0 Å². The van der Waals surface area contributed by atoms with Gasteiger partial charge in [-0.05, 0) is 46.0 Å². The molecule has 1 aromatic heterocycles. The van der Waals surface area contributed by atoms with E-state index in [1.165, 1.54) is 16.7 Å². The second-order valence-electron chi connectivity index (χ2n) is 3.98. The molecule has 3 rings (SSSR count). The molecule has 0 bridgehead atoms. The van der Waals surface area contributed by atoms with E-state index in [1.54, 1.807) is 11.3 Å². The van der Waals surface area contributed by atoms with Gasteiger partial charge >= 0.3 is 0 Å². The van der Waals surface area contributed by atoms with Crippen LogP contribution >= 0.6 is 11.3 Å². The van der Waals surface area contributed by atoms with Crippen LogP contribution in [0.5, 0.6) is 0 Å². The van der Waals surface area contributed by atoms with Gasteiger partial charge < -0.3 is 5.32 Å². The Morgan fingerprint density at radius 2 is 2.00 bits per heavy atom. The molecule has 1 aliphatic rings. The fraction of sp³-hybridized carbons (Fsp3) is 0.154. The third kappa shape index (κ3) is 1.28. The van der Waals surface area contributed by atoms with Crippen LogP contribution < -0.4 is 5.32 Å². The van der Waals surface area contributed by atoms with Crippen LogP contribution in [0.15, 0.2) is 29.0 Å². The van der Waals surface area contributed by atoms with Gasteiger partial charge in [0, 0.05) is 12.1 Å². The maximum Gasteiger partial charge on any atom is 0.251 e. The lowest BCUT2D eigenvalue weighted by Crippen LogP contribution is -2.12. The highest BCUT2D eigenvalue weighted by Gasteiger charge is 2.22. The molecule has 1 aromatic carbocycles. The lowest BCUT2D eigenvalue weighted by Gasteiger charge is -2.06. The molecule has 2 nitrogen and oxygen atoms in total. The van der Waals surface area contributed by atoms with Gasteiger partial charge in [0.1, 0.15) is 0 Å². The van der Waals surface area contributed by atoms with Crippen LogP contribution in [0.2, 0.25) is 0 Å². The number of aryl methyl sites for hydroxylation is 1. The summed E-state index contributed by atoms with van der Waals surface area (Å²) in [6.45, 7) is 2.76. The van der Waals surface area contributed by atoms with Crippen molar-refractivity contribution in [3.05, 3.63) is 45.6 Å². The second-order valence-corrected chi connectivity index (χ2v) is 4.73. The zero-order valence-corrected chi connectivity index (χ0v) is 9.73. The second kappa shape index (κ2) is 3.46. The molecule has 3 heteroatoms. The molecule has 0 spiro atoms. The zero-order valence-electron chi connectivity index (χ0n) is 8.91. The first-order valence-electron chi connectivity index (χ1n) is 5.20. The summed E-state index contributed by atoms with van der Waals surface area (Å²) < 4.78 is 0. The predicted molar refractivity (Wildman–Crippen MR) is 65.7 cm³/mol. The van der Waals surface area contributed by atoms with Crippen LogP contribution in [-0.4, -0.2) is 5.91 Å². The van der Waals surface area contributed by atoms with Crippen molar-refractivity contribution >= 4 is 17.2 Å². The van der Waals surface area contributed by atoms with Gasteiger partial charge in [-0.15, -0.1) is 0 Å². The zero-order chi connectivity index (χ0) is 11.1. The van der Waals surface area contributed by atoms with Crippen LogP contribution in [0.1, 0.15) is 21.5 Å². The summed E-state index contributed by atoms with van der Waals surface area (Å²) in [5.74, 6) is 0.0460. The maximum atomic E-state index is 11.6. The van der Waals surface area contributed by atoms with Crippen molar-refractivity contribution in [3.8, 4) is 11.1 Å². The van der Waals surface area contributed by atoms with E-state index in [4.69, 9.17) is 0 Å². The number of rotatable bonds is 1. The minimum Gasteiger partial charge on any atom is -0.348 e. The van der Waals surface area contributed by atoms with E-state index >= 15 is 0 Å². The van der Waals surface area contributed by atoms with Crippen molar-refractivity contribution in [1.29, 1.82) is 0 Å². The normalized spacial score (nSPS) is 13.7. The van der Waals surface area contributed by atoms with Gasteiger partial charge in [0.05, 0.1) is 0 Å². The molecular formula is C13H11NOS. The monoisotopic (exact) mass is 229 g/mol.